The van der Waals surface area contributed by atoms with E-state index in [0.717, 1.165) is 18.7 Å². The first-order valence-electron chi connectivity index (χ1n) is 6.57. The summed E-state index contributed by atoms with van der Waals surface area (Å²) in [5, 5.41) is 4.06. The molecule has 98 valence electrons. The number of unbranched alkanes of at least 4 members (excludes halogenated alkanes) is 4. The van der Waals surface area contributed by atoms with Gasteiger partial charge in [-0.05, 0) is 6.42 Å². The van der Waals surface area contributed by atoms with E-state index in [1.807, 2.05) is 7.05 Å². The summed E-state index contributed by atoms with van der Waals surface area (Å²) in [6.45, 7) is 2.23. The van der Waals surface area contributed by atoms with Crippen LogP contribution in [-0.2, 0) is 13.5 Å². The molecular formula is C12H25N5. The van der Waals surface area contributed by atoms with Gasteiger partial charge in [0, 0.05) is 19.5 Å². The maximum absolute atomic E-state index is 5.57. The molecule has 0 amide bonds. The van der Waals surface area contributed by atoms with Crippen molar-refractivity contribution in [1.29, 1.82) is 0 Å². The third-order valence-corrected chi connectivity index (χ3v) is 3.13. The SMILES string of the molecule is CCCCCCCC(Cc1ncnn1C)NN. The van der Waals surface area contributed by atoms with Crippen molar-refractivity contribution in [2.45, 2.75) is 57.9 Å². The van der Waals surface area contributed by atoms with Crippen molar-refractivity contribution in [3.05, 3.63) is 12.2 Å². The van der Waals surface area contributed by atoms with Crippen molar-refractivity contribution in [2.75, 3.05) is 0 Å². The number of nitrogens with one attached hydrogen (secondary N) is 1. The average molecular weight is 239 g/mol. The van der Waals surface area contributed by atoms with Crippen LogP contribution in [0.1, 0.15) is 51.3 Å². The maximum atomic E-state index is 5.57. The van der Waals surface area contributed by atoms with Gasteiger partial charge in [0.25, 0.3) is 0 Å². The second-order valence-corrected chi connectivity index (χ2v) is 4.57. The molecule has 0 saturated heterocycles. The number of aryl methyl sites for hydroxylation is 1. The van der Waals surface area contributed by atoms with Crippen molar-refractivity contribution < 1.29 is 0 Å². The molecule has 0 fully saturated rings. The summed E-state index contributed by atoms with van der Waals surface area (Å²) in [5.41, 5.74) is 2.88. The van der Waals surface area contributed by atoms with Crippen molar-refractivity contribution in [2.24, 2.45) is 12.9 Å². The van der Waals surface area contributed by atoms with Crippen molar-refractivity contribution >= 4 is 0 Å². The quantitative estimate of drug-likeness (QED) is 0.390. The minimum atomic E-state index is 0.305. The first-order chi connectivity index (χ1) is 8.27. The molecule has 5 heteroatoms. The van der Waals surface area contributed by atoms with Crippen LogP contribution in [0.15, 0.2) is 6.33 Å². The summed E-state index contributed by atoms with van der Waals surface area (Å²) in [4.78, 5) is 4.22. The predicted octanol–water partition coefficient (Wildman–Crippen LogP) is 1.55. The molecule has 0 aliphatic heterocycles. The Bertz CT molecular complexity index is 297. The Balaban J connectivity index is 2.22. The largest absolute Gasteiger partial charge is 0.271 e. The lowest BCUT2D eigenvalue weighted by Gasteiger charge is -2.14. The number of rotatable bonds is 9. The van der Waals surface area contributed by atoms with Crippen LogP contribution in [0.25, 0.3) is 0 Å². The molecule has 5 nitrogen and oxygen atoms in total. The average Bonchev–Trinajstić information content (AvgIpc) is 2.73. The normalized spacial score (nSPS) is 12.9. The topological polar surface area (TPSA) is 68.8 Å². The highest BCUT2D eigenvalue weighted by Crippen LogP contribution is 2.09. The van der Waals surface area contributed by atoms with Gasteiger partial charge < -0.3 is 0 Å². The molecule has 1 unspecified atom stereocenters. The number of aromatic nitrogens is 3. The van der Waals surface area contributed by atoms with Crippen molar-refractivity contribution in [3.63, 3.8) is 0 Å². The molecule has 1 atom stereocenters. The Morgan fingerprint density at radius 2 is 2.12 bits per heavy atom. The zero-order chi connectivity index (χ0) is 12.5. The smallest absolute Gasteiger partial charge is 0.138 e. The van der Waals surface area contributed by atoms with Crippen LogP contribution in [0.4, 0.5) is 0 Å². The van der Waals surface area contributed by atoms with Gasteiger partial charge in [0.1, 0.15) is 12.2 Å². The molecule has 0 aliphatic rings. The van der Waals surface area contributed by atoms with Crippen LogP contribution >= 0.6 is 0 Å². The molecule has 1 heterocycles. The highest BCUT2D eigenvalue weighted by molar-refractivity contribution is 4.88. The van der Waals surface area contributed by atoms with Gasteiger partial charge in [0.2, 0.25) is 0 Å². The molecule has 17 heavy (non-hydrogen) atoms. The van der Waals surface area contributed by atoms with E-state index in [1.54, 1.807) is 11.0 Å². The Morgan fingerprint density at radius 1 is 1.35 bits per heavy atom. The van der Waals surface area contributed by atoms with Crippen LogP contribution in [0, 0.1) is 0 Å². The summed E-state index contributed by atoms with van der Waals surface area (Å²) in [6, 6.07) is 0.305. The first-order valence-corrected chi connectivity index (χ1v) is 6.57. The molecular weight excluding hydrogens is 214 g/mol. The van der Waals surface area contributed by atoms with E-state index in [9.17, 15) is 0 Å². The third-order valence-electron chi connectivity index (χ3n) is 3.13. The summed E-state index contributed by atoms with van der Waals surface area (Å²) in [7, 11) is 1.91. The fourth-order valence-corrected chi connectivity index (χ4v) is 1.96. The van der Waals surface area contributed by atoms with Crippen LogP contribution < -0.4 is 11.3 Å². The van der Waals surface area contributed by atoms with E-state index < -0.39 is 0 Å². The third kappa shape index (κ3) is 5.28. The molecule has 0 radical (unpaired) electrons. The van der Waals surface area contributed by atoms with Crippen molar-refractivity contribution in [1.82, 2.24) is 20.2 Å². The van der Waals surface area contributed by atoms with Gasteiger partial charge in [-0.25, -0.2) is 4.98 Å². The fraction of sp³-hybridized carbons (Fsp3) is 0.833. The van der Waals surface area contributed by atoms with Crippen LogP contribution in [0.2, 0.25) is 0 Å². The summed E-state index contributed by atoms with van der Waals surface area (Å²) in [5.74, 6) is 6.56. The van der Waals surface area contributed by atoms with Crippen LogP contribution in [0.3, 0.4) is 0 Å². The van der Waals surface area contributed by atoms with E-state index in [4.69, 9.17) is 5.84 Å². The van der Waals surface area contributed by atoms with E-state index >= 15 is 0 Å². The van der Waals surface area contributed by atoms with Gasteiger partial charge in [-0.3, -0.25) is 16.0 Å². The van der Waals surface area contributed by atoms with E-state index in [0.29, 0.717) is 6.04 Å². The van der Waals surface area contributed by atoms with Gasteiger partial charge in [-0.1, -0.05) is 39.0 Å². The molecule has 1 aromatic heterocycles. The summed E-state index contributed by atoms with van der Waals surface area (Å²) < 4.78 is 1.81. The Morgan fingerprint density at radius 3 is 2.71 bits per heavy atom. The lowest BCUT2D eigenvalue weighted by atomic mass is 10.0. The molecule has 1 aromatic rings. The molecule has 0 aliphatic carbocycles. The minimum Gasteiger partial charge on any atom is -0.271 e. The Kier molecular flexibility index (Phi) is 6.81. The van der Waals surface area contributed by atoms with Gasteiger partial charge in [-0.2, -0.15) is 5.10 Å². The minimum absolute atomic E-state index is 0.305. The standard InChI is InChI=1S/C12H25N5/c1-3-4-5-6-7-8-11(16-13)9-12-14-10-15-17(12)2/h10-11,16H,3-9,13H2,1-2H3. The van der Waals surface area contributed by atoms with E-state index in [1.165, 1.54) is 32.1 Å². The summed E-state index contributed by atoms with van der Waals surface area (Å²) in [6.07, 6.45) is 10.0. The number of hydrazine groups is 1. The molecule has 0 aromatic carbocycles. The molecule has 3 N–H and O–H groups in total. The number of hydrogen-bond donors (Lipinski definition) is 2. The van der Waals surface area contributed by atoms with E-state index in [-0.39, 0.29) is 0 Å². The first kappa shape index (κ1) is 14.1. The van der Waals surface area contributed by atoms with Gasteiger partial charge >= 0.3 is 0 Å². The zero-order valence-electron chi connectivity index (χ0n) is 11.0. The zero-order valence-corrected chi connectivity index (χ0v) is 11.0. The highest BCUT2D eigenvalue weighted by Gasteiger charge is 2.10. The number of nitrogens with two attached hydrogens (primary N) is 1. The van der Waals surface area contributed by atoms with Gasteiger partial charge in [0.05, 0.1) is 0 Å². The second kappa shape index (κ2) is 8.20. The number of hydrogen-bond acceptors (Lipinski definition) is 4. The van der Waals surface area contributed by atoms with E-state index in [2.05, 4.69) is 22.4 Å². The monoisotopic (exact) mass is 239 g/mol. The predicted molar refractivity (Wildman–Crippen MR) is 69.2 cm³/mol. The molecule has 0 spiro atoms. The molecule has 0 bridgehead atoms. The molecule has 1 rings (SSSR count). The van der Waals surface area contributed by atoms with Gasteiger partial charge in [0.15, 0.2) is 0 Å². The highest BCUT2D eigenvalue weighted by atomic mass is 15.3. The fourth-order valence-electron chi connectivity index (χ4n) is 1.96. The Hall–Kier alpha value is -0.940. The lowest BCUT2D eigenvalue weighted by molar-refractivity contribution is 0.447. The maximum Gasteiger partial charge on any atom is 0.138 e. The Labute approximate surface area is 104 Å². The summed E-state index contributed by atoms with van der Waals surface area (Å²) >= 11 is 0. The van der Waals surface area contributed by atoms with Crippen LogP contribution in [0.5, 0.6) is 0 Å². The second-order valence-electron chi connectivity index (χ2n) is 4.57. The van der Waals surface area contributed by atoms with Crippen molar-refractivity contribution in [3.8, 4) is 0 Å². The van der Waals surface area contributed by atoms with Gasteiger partial charge in [-0.15, -0.1) is 0 Å². The number of nitrogens with zero attached hydrogens (tertiary/aromatic N) is 3. The molecule has 0 saturated carbocycles. The van der Waals surface area contributed by atoms with Crippen LogP contribution in [-0.4, -0.2) is 20.8 Å². The lowest BCUT2D eigenvalue weighted by Crippen LogP contribution is -2.37.